The van der Waals surface area contributed by atoms with Gasteiger partial charge in [-0.05, 0) is 74.9 Å². The number of aryl methyl sites for hydroxylation is 2. The summed E-state index contributed by atoms with van der Waals surface area (Å²) in [5, 5.41) is 28.4. The minimum Gasteiger partial charge on any atom is -0.438 e. The van der Waals surface area contributed by atoms with Crippen molar-refractivity contribution in [1.82, 2.24) is 20.2 Å². The molecule has 0 saturated heterocycles. The first-order valence-corrected chi connectivity index (χ1v) is 12.1. The van der Waals surface area contributed by atoms with Crippen molar-refractivity contribution in [3.05, 3.63) is 58.6 Å². The number of carbonyl (C=O) groups is 1. The van der Waals surface area contributed by atoms with Crippen molar-refractivity contribution < 1.29 is 9.53 Å². The number of fused-ring (bicyclic) bond motifs is 1. The molecule has 7 rings (SSSR count). The Kier molecular flexibility index (Phi) is 4.86. The molecule has 10 heteroatoms. The average molecular weight is 493 g/mol. The molecule has 3 saturated carbocycles. The third-order valence-electron chi connectivity index (χ3n) is 7.58. The maximum Gasteiger partial charge on any atom is 0.278 e. The van der Waals surface area contributed by atoms with E-state index in [0.717, 1.165) is 36.0 Å². The van der Waals surface area contributed by atoms with Crippen molar-refractivity contribution in [3.63, 3.8) is 0 Å². The number of H-pyrrole nitrogens is 1. The van der Waals surface area contributed by atoms with Gasteiger partial charge < -0.3 is 10.1 Å². The Balaban J connectivity index is 1.41. The van der Waals surface area contributed by atoms with Crippen molar-refractivity contribution >= 4 is 23.6 Å². The number of rotatable bonds is 6. The Morgan fingerprint density at radius 2 is 1.95 bits per heavy atom. The molecule has 184 valence electrons. The lowest BCUT2D eigenvalue weighted by atomic mass is 9.40. The number of hydrogen-bond donors (Lipinski definition) is 2. The maximum atomic E-state index is 13.5. The lowest BCUT2D eigenvalue weighted by Gasteiger charge is -2.66. The van der Waals surface area contributed by atoms with Crippen LogP contribution in [-0.2, 0) is 0 Å². The number of aromatic nitrogens is 4. The van der Waals surface area contributed by atoms with E-state index in [1.165, 1.54) is 6.08 Å². The van der Waals surface area contributed by atoms with Crippen LogP contribution in [0.15, 0.2) is 30.6 Å². The topological polar surface area (TPSA) is 144 Å². The summed E-state index contributed by atoms with van der Waals surface area (Å²) in [5.74, 6) is 1.01. The van der Waals surface area contributed by atoms with Gasteiger partial charge in [0.2, 0.25) is 11.8 Å². The SMILES string of the molecule is Cc1cc(/C=C/C#N)cc(C)c1Oc1nc(NC23CC(C#N)(C2)C3)nc2c1C(C)N(c1cn[nH]c1)C2=O. The van der Waals surface area contributed by atoms with Crippen molar-refractivity contribution in [1.29, 1.82) is 10.5 Å². The number of anilines is 2. The molecule has 0 spiro atoms. The standard InChI is InChI=1S/C27H24N8O2/c1-15-7-18(5-4-6-28)8-16(2)22(15)37-23-20-17(3)35(19-9-30-31-10-19)24(36)21(20)32-25(33-23)34-27-11-26(12-27,13-27)14-29/h4-5,7-10,17H,11-13H2,1-3H3,(H,30,31)(H,32,33,34)/b5-4+. The fourth-order valence-electron chi connectivity index (χ4n) is 6.01. The second-order valence-electron chi connectivity index (χ2n) is 10.3. The van der Waals surface area contributed by atoms with Gasteiger partial charge >= 0.3 is 0 Å². The molecule has 4 aliphatic rings. The van der Waals surface area contributed by atoms with Gasteiger partial charge in [-0.15, -0.1) is 0 Å². The minimum atomic E-state index is -0.376. The molecule has 10 nitrogen and oxygen atoms in total. The molecule has 3 heterocycles. The van der Waals surface area contributed by atoms with Crippen molar-refractivity contribution in [2.45, 2.75) is 51.6 Å². The highest BCUT2D eigenvalue weighted by Gasteiger charge is 2.69. The molecule has 3 aromatic rings. The van der Waals surface area contributed by atoms with Crippen LogP contribution in [0.3, 0.4) is 0 Å². The molecule has 2 N–H and O–H groups in total. The molecule has 37 heavy (non-hydrogen) atoms. The highest BCUT2D eigenvalue weighted by Crippen LogP contribution is 2.67. The first-order chi connectivity index (χ1) is 17.8. The third-order valence-corrected chi connectivity index (χ3v) is 7.58. The van der Waals surface area contributed by atoms with E-state index >= 15 is 0 Å². The van der Waals surface area contributed by atoms with E-state index < -0.39 is 0 Å². The van der Waals surface area contributed by atoms with Gasteiger partial charge in [0.1, 0.15) is 11.4 Å². The smallest absolute Gasteiger partial charge is 0.278 e. The summed E-state index contributed by atoms with van der Waals surface area (Å²) >= 11 is 0. The summed E-state index contributed by atoms with van der Waals surface area (Å²) in [6.45, 7) is 5.78. The van der Waals surface area contributed by atoms with Crippen LogP contribution in [0.4, 0.5) is 11.6 Å². The first kappa shape index (κ1) is 22.7. The molecule has 2 aromatic heterocycles. The van der Waals surface area contributed by atoms with Crippen LogP contribution >= 0.6 is 0 Å². The number of nitrogens with zero attached hydrogens (tertiary/aromatic N) is 6. The molecular weight excluding hydrogens is 468 g/mol. The van der Waals surface area contributed by atoms with E-state index in [0.29, 0.717) is 28.8 Å². The van der Waals surface area contributed by atoms with E-state index in [-0.39, 0.29) is 28.6 Å². The second kappa shape index (κ2) is 7.90. The maximum absolute atomic E-state index is 13.5. The number of allylic oxidation sites excluding steroid dienone is 1. The number of hydrogen-bond acceptors (Lipinski definition) is 8. The third kappa shape index (κ3) is 3.45. The number of amides is 1. The predicted octanol–water partition coefficient (Wildman–Crippen LogP) is 4.73. The highest BCUT2D eigenvalue weighted by atomic mass is 16.5. The monoisotopic (exact) mass is 492 g/mol. The fraction of sp³-hybridized carbons (Fsp3) is 0.333. The number of nitriles is 2. The molecule has 0 radical (unpaired) electrons. The van der Waals surface area contributed by atoms with Gasteiger partial charge in [0.15, 0.2) is 0 Å². The molecule has 2 bridgehead atoms. The Bertz CT molecular complexity index is 1520. The van der Waals surface area contributed by atoms with Crippen LogP contribution in [0.25, 0.3) is 6.08 Å². The minimum absolute atomic E-state index is 0.209. The van der Waals surface area contributed by atoms with Crippen molar-refractivity contribution in [2.75, 3.05) is 10.2 Å². The first-order valence-electron chi connectivity index (χ1n) is 12.1. The number of nitrogens with one attached hydrogen (secondary N) is 2. The van der Waals surface area contributed by atoms with Gasteiger partial charge in [-0.1, -0.05) is 0 Å². The lowest BCUT2D eigenvalue weighted by Crippen LogP contribution is -2.70. The number of ether oxygens (including phenoxy) is 1. The summed E-state index contributed by atoms with van der Waals surface area (Å²) in [7, 11) is 0. The van der Waals surface area contributed by atoms with Crippen LogP contribution in [0, 0.1) is 41.9 Å². The Labute approximate surface area is 213 Å². The van der Waals surface area contributed by atoms with Crippen LogP contribution < -0.4 is 15.0 Å². The number of carbonyl (C=O) groups excluding carboxylic acids is 1. The molecule has 1 atom stereocenters. The Hall–Kier alpha value is -4.70. The van der Waals surface area contributed by atoms with Crippen LogP contribution in [0.5, 0.6) is 11.6 Å². The van der Waals surface area contributed by atoms with Gasteiger partial charge in [-0.3, -0.25) is 14.8 Å². The van der Waals surface area contributed by atoms with Crippen LogP contribution in [0.2, 0.25) is 0 Å². The normalized spacial score (nSPS) is 25.2. The van der Waals surface area contributed by atoms with E-state index in [2.05, 4.69) is 26.6 Å². The Morgan fingerprint density at radius 3 is 2.57 bits per heavy atom. The van der Waals surface area contributed by atoms with Gasteiger partial charge in [-0.2, -0.15) is 20.6 Å². The van der Waals surface area contributed by atoms with Gasteiger partial charge in [0.05, 0.1) is 41.0 Å². The largest absolute Gasteiger partial charge is 0.438 e. The van der Waals surface area contributed by atoms with E-state index in [9.17, 15) is 10.1 Å². The summed E-state index contributed by atoms with van der Waals surface area (Å²) < 4.78 is 6.45. The van der Waals surface area contributed by atoms with Crippen molar-refractivity contribution in [2.24, 2.45) is 5.41 Å². The average Bonchev–Trinajstić information content (AvgIpc) is 3.43. The molecule has 1 aliphatic heterocycles. The van der Waals surface area contributed by atoms with E-state index in [4.69, 9.17) is 15.0 Å². The van der Waals surface area contributed by atoms with Crippen LogP contribution in [-0.4, -0.2) is 31.6 Å². The number of aromatic amines is 1. The quantitative estimate of drug-likeness (QED) is 0.470. The predicted molar refractivity (Wildman–Crippen MR) is 135 cm³/mol. The zero-order valence-electron chi connectivity index (χ0n) is 20.7. The summed E-state index contributed by atoms with van der Waals surface area (Å²) in [4.78, 5) is 24.5. The summed E-state index contributed by atoms with van der Waals surface area (Å²) in [5.41, 5.74) is 3.72. The van der Waals surface area contributed by atoms with Gasteiger partial charge in [0.25, 0.3) is 5.91 Å². The van der Waals surface area contributed by atoms with Crippen molar-refractivity contribution in [3.8, 4) is 23.8 Å². The lowest BCUT2D eigenvalue weighted by molar-refractivity contribution is -0.0665. The van der Waals surface area contributed by atoms with E-state index in [1.807, 2.05) is 39.0 Å². The highest BCUT2D eigenvalue weighted by molar-refractivity contribution is 6.10. The molecular formula is C27H24N8O2. The van der Waals surface area contributed by atoms with Gasteiger partial charge in [-0.25, -0.2) is 4.98 Å². The summed E-state index contributed by atoms with van der Waals surface area (Å²) in [6.07, 6.45) is 8.67. The molecule has 3 fully saturated rings. The second-order valence-corrected chi connectivity index (χ2v) is 10.3. The molecule has 1 aromatic carbocycles. The Morgan fingerprint density at radius 1 is 1.22 bits per heavy atom. The molecule has 3 aliphatic carbocycles. The van der Waals surface area contributed by atoms with Gasteiger partial charge in [0, 0.05) is 17.8 Å². The fourth-order valence-corrected chi connectivity index (χ4v) is 6.01. The molecule has 1 unspecified atom stereocenters. The summed E-state index contributed by atoms with van der Waals surface area (Å²) in [6, 6.07) is 7.91. The number of benzene rings is 1. The zero-order valence-corrected chi connectivity index (χ0v) is 20.7. The zero-order chi connectivity index (χ0) is 25.9. The van der Waals surface area contributed by atoms with E-state index in [1.54, 1.807) is 23.4 Å². The molecule has 1 amide bonds. The van der Waals surface area contributed by atoms with Crippen LogP contribution in [0.1, 0.15) is 65.0 Å².